The number of hydrogen-bond donors (Lipinski definition) is 2. The minimum Gasteiger partial charge on any atom is -0.503 e. The molecule has 0 spiro atoms. The van der Waals surface area contributed by atoms with E-state index in [1.165, 1.54) is 0 Å². The molecule has 0 saturated carbocycles. The second kappa shape index (κ2) is 8.69. The molecule has 1 amide bonds. The number of aromatic carboxylic acids is 1. The van der Waals surface area contributed by atoms with Gasteiger partial charge in [0, 0.05) is 18.7 Å². The molecule has 2 aromatic carbocycles. The second-order valence-corrected chi connectivity index (χ2v) is 7.95. The summed E-state index contributed by atoms with van der Waals surface area (Å²) in [5, 5.41) is 19.9. The molecule has 0 saturated heterocycles. The Bertz CT molecular complexity index is 1250. The zero-order valence-electron chi connectivity index (χ0n) is 17.6. The lowest BCUT2D eigenvalue weighted by atomic mass is 9.83. The monoisotopic (exact) mass is 472 g/mol. The maximum absolute atomic E-state index is 13.3. The first-order chi connectivity index (χ1) is 16.1. The Morgan fingerprint density at radius 2 is 1.53 bits per heavy atom. The van der Waals surface area contributed by atoms with Gasteiger partial charge in [0.1, 0.15) is 12.1 Å². The predicted octanol–water partition coefficient (Wildman–Crippen LogP) is 3.64. The van der Waals surface area contributed by atoms with Gasteiger partial charge in [-0.3, -0.25) is 9.59 Å². The number of carbonyl (C=O) groups is 2. The SMILES string of the molecule is O=C(O)c1cn2c(c(O)c1=O)C(=O)N(CC(F)(F)F)CC2C(c1ccccc1)c1ccccc1. The molecule has 0 fully saturated rings. The van der Waals surface area contributed by atoms with Gasteiger partial charge in [-0.25, -0.2) is 4.79 Å². The van der Waals surface area contributed by atoms with Crippen molar-refractivity contribution in [2.24, 2.45) is 0 Å². The Labute approximate surface area is 191 Å². The molecule has 4 rings (SSSR count). The molecule has 1 unspecified atom stereocenters. The Kier molecular flexibility index (Phi) is 5.90. The second-order valence-electron chi connectivity index (χ2n) is 7.95. The van der Waals surface area contributed by atoms with E-state index in [9.17, 15) is 37.8 Å². The number of rotatable bonds is 5. The molecular formula is C24H19F3N2O5. The first-order valence-corrected chi connectivity index (χ1v) is 10.3. The van der Waals surface area contributed by atoms with Crippen molar-refractivity contribution in [3.63, 3.8) is 0 Å². The average Bonchev–Trinajstić information content (AvgIpc) is 2.79. The molecule has 176 valence electrons. The van der Waals surface area contributed by atoms with E-state index in [2.05, 4.69) is 0 Å². The molecule has 2 N–H and O–H groups in total. The van der Waals surface area contributed by atoms with Gasteiger partial charge < -0.3 is 19.7 Å². The molecule has 34 heavy (non-hydrogen) atoms. The van der Waals surface area contributed by atoms with E-state index in [1.54, 1.807) is 60.7 Å². The molecule has 0 aliphatic carbocycles. The molecule has 2 heterocycles. The van der Waals surface area contributed by atoms with Crippen LogP contribution in [-0.2, 0) is 0 Å². The number of carbonyl (C=O) groups excluding carboxylic acids is 1. The summed E-state index contributed by atoms with van der Waals surface area (Å²) in [6.45, 7) is -2.02. The Hall–Kier alpha value is -4.08. The Morgan fingerprint density at radius 1 is 1.00 bits per heavy atom. The topological polar surface area (TPSA) is 99.8 Å². The number of fused-ring (bicyclic) bond motifs is 1. The van der Waals surface area contributed by atoms with E-state index >= 15 is 0 Å². The van der Waals surface area contributed by atoms with Crippen LogP contribution in [0.1, 0.15) is 43.9 Å². The highest BCUT2D eigenvalue weighted by Crippen LogP contribution is 2.40. The van der Waals surface area contributed by atoms with Crippen molar-refractivity contribution in [2.45, 2.75) is 18.1 Å². The van der Waals surface area contributed by atoms with E-state index in [0.717, 1.165) is 10.8 Å². The maximum atomic E-state index is 13.3. The van der Waals surface area contributed by atoms with Crippen LogP contribution in [0.2, 0.25) is 0 Å². The Balaban J connectivity index is 2.00. The van der Waals surface area contributed by atoms with Crippen LogP contribution in [0, 0.1) is 0 Å². The third-order valence-electron chi connectivity index (χ3n) is 5.77. The first-order valence-electron chi connectivity index (χ1n) is 10.3. The quantitative estimate of drug-likeness (QED) is 0.591. The minimum atomic E-state index is -4.73. The number of halogens is 3. The number of aromatic hydroxyl groups is 1. The van der Waals surface area contributed by atoms with Crippen LogP contribution in [0.4, 0.5) is 13.2 Å². The molecule has 1 atom stereocenters. The van der Waals surface area contributed by atoms with E-state index in [1.807, 2.05) is 0 Å². The zero-order valence-corrected chi connectivity index (χ0v) is 17.6. The summed E-state index contributed by atoms with van der Waals surface area (Å²) < 4.78 is 41.1. The number of benzene rings is 2. The van der Waals surface area contributed by atoms with Crippen molar-refractivity contribution in [3.8, 4) is 5.75 Å². The van der Waals surface area contributed by atoms with Crippen LogP contribution in [-0.4, -0.2) is 50.8 Å². The van der Waals surface area contributed by atoms with Gasteiger partial charge >= 0.3 is 12.1 Å². The molecule has 0 radical (unpaired) electrons. The maximum Gasteiger partial charge on any atom is 0.406 e. The molecule has 0 bridgehead atoms. The van der Waals surface area contributed by atoms with Crippen molar-refractivity contribution in [1.82, 2.24) is 9.47 Å². The number of alkyl halides is 3. The highest BCUT2D eigenvalue weighted by molar-refractivity contribution is 5.97. The normalized spacial score (nSPS) is 15.9. The fraction of sp³-hybridized carbons (Fsp3) is 0.208. The molecular weight excluding hydrogens is 453 g/mol. The Morgan fingerprint density at radius 3 is 2.00 bits per heavy atom. The average molecular weight is 472 g/mol. The molecule has 1 aromatic heterocycles. The number of carboxylic acids is 1. The van der Waals surface area contributed by atoms with Gasteiger partial charge in [0.25, 0.3) is 5.91 Å². The van der Waals surface area contributed by atoms with Crippen molar-refractivity contribution in [2.75, 3.05) is 13.1 Å². The fourth-order valence-electron chi connectivity index (χ4n) is 4.37. The first kappa shape index (κ1) is 23.1. The predicted molar refractivity (Wildman–Crippen MR) is 115 cm³/mol. The lowest BCUT2D eigenvalue weighted by Gasteiger charge is -2.40. The number of hydrogen-bond acceptors (Lipinski definition) is 4. The number of pyridine rings is 1. The zero-order chi connectivity index (χ0) is 24.6. The van der Waals surface area contributed by atoms with Crippen molar-refractivity contribution < 1.29 is 33.0 Å². The van der Waals surface area contributed by atoms with Gasteiger partial charge in [0.2, 0.25) is 5.43 Å². The van der Waals surface area contributed by atoms with Crippen molar-refractivity contribution >= 4 is 11.9 Å². The van der Waals surface area contributed by atoms with Crippen LogP contribution >= 0.6 is 0 Å². The van der Waals surface area contributed by atoms with Gasteiger partial charge in [-0.05, 0) is 11.1 Å². The summed E-state index contributed by atoms with van der Waals surface area (Å²) in [5.41, 5.74) is -1.41. The number of carboxylic acid groups (broad SMARTS) is 1. The lowest BCUT2D eigenvalue weighted by molar-refractivity contribution is -0.142. The van der Waals surface area contributed by atoms with Gasteiger partial charge in [0.15, 0.2) is 11.4 Å². The highest BCUT2D eigenvalue weighted by atomic mass is 19.4. The molecule has 1 aliphatic rings. The lowest BCUT2D eigenvalue weighted by Crippen LogP contribution is -2.49. The number of nitrogens with zero attached hydrogens (tertiary/aromatic N) is 2. The highest BCUT2D eigenvalue weighted by Gasteiger charge is 2.43. The molecule has 3 aromatic rings. The van der Waals surface area contributed by atoms with Crippen molar-refractivity contribution in [1.29, 1.82) is 0 Å². The third kappa shape index (κ3) is 4.26. The number of aromatic nitrogens is 1. The third-order valence-corrected chi connectivity index (χ3v) is 5.77. The molecule has 1 aliphatic heterocycles. The van der Waals surface area contributed by atoms with Gasteiger partial charge in [-0.2, -0.15) is 13.2 Å². The van der Waals surface area contributed by atoms with Crippen LogP contribution in [0.15, 0.2) is 71.7 Å². The number of amides is 1. The molecule has 10 heteroatoms. The van der Waals surface area contributed by atoms with Gasteiger partial charge in [-0.15, -0.1) is 0 Å². The summed E-state index contributed by atoms with van der Waals surface area (Å²) in [6.07, 6.45) is -3.81. The fourth-order valence-corrected chi connectivity index (χ4v) is 4.37. The van der Waals surface area contributed by atoms with E-state index in [0.29, 0.717) is 16.0 Å². The van der Waals surface area contributed by atoms with E-state index in [-0.39, 0.29) is 0 Å². The summed E-state index contributed by atoms with van der Waals surface area (Å²) in [5.74, 6) is -4.66. The van der Waals surface area contributed by atoms with Crippen LogP contribution in [0.3, 0.4) is 0 Å². The summed E-state index contributed by atoms with van der Waals surface area (Å²) >= 11 is 0. The largest absolute Gasteiger partial charge is 0.503 e. The van der Waals surface area contributed by atoms with Gasteiger partial charge in [-0.1, -0.05) is 60.7 Å². The van der Waals surface area contributed by atoms with Crippen LogP contribution in [0.5, 0.6) is 5.75 Å². The van der Waals surface area contributed by atoms with Crippen molar-refractivity contribution in [3.05, 3.63) is 99.5 Å². The van der Waals surface area contributed by atoms with Crippen LogP contribution < -0.4 is 5.43 Å². The minimum absolute atomic E-state index is 0.429. The summed E-state index contributed by atoms with van der Waals surface area (Å²) in [7, 11) is 0. The molecule has 7 nitrogen and oxygen atoms in total. The van der Waals surface area contributed by atoms with Crippen LogP contribution in [0.25, 0.3) is 0 Å². The summed E-state index contributed by atoms with van der Waals surface area (Å²) in [6, 6.07) is 16.6. The standard InChI is InChI=1S/C24H19F3N2O5/c25-24(26,27)13-28-12-17(18(14-7-3-1-4-8-14)15-9-5-2-6-10-15)29-11-16(23(33)34)20(30)21(31)19(29)22(28)32/h1-11,17-18,31H,12-13H2,(H,33,34). The summed E-state index contributed by atoms with van der Waals surface area (Å²) in [4.78, 5) is 37.5. The van der Waals surface area contributed by atoms with Gasteiger partial charge in [0.05, 0.1) is 6.04 Å². The smallest absolute Gasteiger partial charge is 0.406 e. The van der Waals surface area contributed by atoms with E-state index < -0.39 is 65.5 Å². The van der Waals surface area contributed by atoms with E-state index in [4.69, 9.17) is 0 Å².